The van der Waals surface area contributed by atoms with Crippen molar-refractivity contribution in [3.8, 4) is 5.75 Å². The molecule has 100 valence electrons. The summed E-state index contributed by atoms with van der Waals surface area (Å²) >= 11 is 0. The normalized spacial score (nSPS) is 28.3. The Morgan fingerprint density at radius 3 is 2.17 bits per heavy atom. The first-order valence-corrected chi connectivity index (χ1v) is 6.74. The molecular weight excluding hydrogens is 226 g/mol. The summed E-state index contributed by atoms with van der Waals surface area (Å²) in [5.41, 5.74) is 3.25. The highest BCUT2D eigenvalue weighted by Crippen LogP contribution is 2.22. The Morgan fingerprint density at radius 1 is 1.17 bits per heavy atom. The highest BCUT2D eigenvalue weighted by Gasteiger charge is 2.25. The van der Waals surface area contributed by atoms with Gasteiger partial charge in [0.15, 0.2) is 0 Å². The van der Waals surface area contributed by atoms with Crippen molar-refractivity contribution in [1.29, 1.82) is 0 Å². The lowest BCUT2D eigenvalue weighted by atomic mass is 10.0. The predicted octanol–water partition coefficient (Wildman–Crippen LogP) is 1.20. The van der Waals surface area contributed by atoms with Crippen LogP contribution in [0.25, 0.3) is 0 Å². The Labute approximate surface area is 109 Å². The van der Waals surface area contributed by atoms with Crippen LogP contribution in [0.4, 0.5) is 0 Å². The standard InChI is InChI=1S/C15H23NO2/c1-10-5-14(6-11(2)15(10)17)9-16-7-12(3)18-13(4)8-16/h5-6,12-13,17H,7-9H2,1-4H3/p+1/t12-,13-/m0/s1. The maximum Gasteiger partial charge on any atom is 0.121 e. The largest absolute Gasteiger partial charge is 0.507 e. The van der Waals surface area contributed by atoms with Gasteiger partial charge in [0.05, 0.1) is 0 Å². The first-order valence-electron chi connectivity index (χ1n) is 6.74. The quantitative estimate of drug-likeness (QED) is 0.827. The van der Waals surface area contributed by atoms with Crippen LogP contribution >= 0.6 is 0 Å². The lowest BCUT2D eigenvalue weighted by Gasteiger charge is -2.32. The predicted molar refractivity (Wildman–Crippen MR) is 72.0 cm³/mol. The molecule has 1 aromatic rings. The molecule has 1 saturated heterocycles. The SMILES string of the molecule is Cc1cc(C[NH+]2C[C@H](C)O[C@@H](C)C2)cc(C)c1O. The molecule has 0 amide bonds. The fraction of sp³-hybridized carbons (Fsp3) is 0.600. The van der Waals surface area contributed by atoms with Crippen LogP contribution in [0.15, 0.2) is 12.1 Å². The number of hydrogen-bond acceptors (Lipinski definition) is 2. The van der Waals surface area contributed by atoms with Gasteiger partial charge in [0.1, 0.15) is 37.6 Å². The minimum Gasteiger partial charge on any atom is -0.507 e. The molecule has 1 aliphatic heterocycles. The Hall–Kier alpha value is -1.06. The smallest absolute Gasteiger partial charge is 0.121 e. The van der Waals surface area contributed by atoms with E-state index in [1.54, 1.807) is 4.90 Å². The van der Waals surface area contributed by atoms with Gasteiger partial charge in [0.25, 0.3) is 0 Å². The van der Waals surface area contributed by atoms with Crippen molar-refractivity contribution in [2.45, 2.75) is 46.4 Å². The molecule has 0 radical (unpaired) electrons. The van der Waals surface area contributed by atoms with Crippen molar-refractivity contribution in [3.05, 3.63) is 28.8 Å². The van der Waals surface area contributed by atoms with Gasteiger partial charge in [-0.2, -0.15) is 0 Å². The van der Waals surface area contributed by atoms with Crippen LogP contribution in [0.2, 0.25) is 0 Å². The molecule has 0 unspecified atom stereocenters. The van der Waals surface area contributed by atoms with Crippen molar-refractivity contribution in [1.82, 2.24) is 0 Å². The van der Waals surface area contributed by atoms with Crippen molar-refractivity contribution >= 4 is 0 Å². The summed E-state index contributed by atoms with van der Waals surface area (Å²) < 4.78 is 5.76. The number of ether oxygens (including phenoxy) is 1. The second-order valence-corrected chi connectivity index (χ2v) is 5.67. The van der Waals surface area contributed by atoms with Crippen molar-refractivity contribution in [2.75, 3.05) is 13.1 Å². The number of aryl methyl sites for hydroxylation is 2. The molecule has 2 N–H and O–H groups in total. The average Bonchev–Trinajstić information content (AvgIpc) is 2.24. The van der Waals surface area contributed by atoms with Gasteiger partial charge >= 0.3 is 0 Å². The summed E-state index contributed by atoms with van der Waals surface area (Å²) in [6, 6.07) is 4.19. The summed E-state index contributed by atoms with van der Waals surface area (Å²) in [6.07, 6.45) is 0.672. The van der Waals surface area contributed by atoms with Crippen molar-refractivity contribution in [2.24, 2.45) is 0 Å². The Bertz CT molecular complexity index is 397. The zero-order chi connectivity index (χ0) is 13.3. The van der Waals surface area contributed by atoms with E-state index in [2.05, 4.69) is 26.0 Å². The van der Waals surface area contributed by atoms with Crippen LogP contribution in [-0.2, 0) is 11.3 Å². The summed E-state index contributed by atoms with van der Waals surface area (Å²) in [5, 5.41) is 9.79. The van der Waals surface area contributed by atoms with Crippen molar-refractivity contribution < 1.29 is 14.7 Å². The highest BCUT2D eigenvalue weighted by molar-refractivity contribution is 5.41. The monoisotopic (exact) mass is 250 g/mol. The van der Waals surface area contributed by atoms with E-state index in [4.69, 9.17) is 4.74 Å². The molecular formula is C15H24NO2+. The fourth-order valence-electron chi connectivity index (χ4n) is 2.97. The zero-order valence-electron chi connectivity index (χ0n) is 11.8. The van der Waals surface area contributed by atoms with E-state index in [-0.39, 0.29) is 0 Å². The Kier molecular flexibility index (Phi) is 3.93. The molecule has 0 spiro atoms. The number of quaternary nitrogens is 1. The molecule has 1 aliphatic rings. The molecule has 3 heteroatoms. The number of rotatable bonds is 2. The van der Waals surface area contributed by atoms with Crippen LogP contribution in [0.5, 0.6) is 5.75 Å². The van der Waals surface area contributed by atoms with E-state index >= 15 is 0 Å². The van der Waals surface area contributed by atoms with E-state index in [0.29, 0.717) is 18.0 Å². The van der Waals surface area contributed by atoms with Gasteiger partial charge in [0, 0.05) is 5.56 Å². The second kappa shape index (κ2) is 5.29. The minimum absolute atomic E-state index is 0.336. The molecule has 1 heterocycles. The third-order valence-corrected chi connectivity index (χ3v) is 3.62. The number of nitrogens with one attached hydrogen (secondary N) is 1. The summed E-state index contributed by atoms with van der Waals surface area (Å²) in [7, 11) is 0. The third kappa shape index (κ3) is 3.03. The van der Waals surface area contributed by atoms with Gasteiger partial charge in [-0.1, -0.05) is 0 Å². The summed E-state index contributed by atoms with van der Waals surface area (Å²) in [6.45, 7) is 11.3. The average molecular weight is 250 g/mol. The molecule has 18 heavy (non-hydrogen) atoms. The number of aromatic hydroxyl groups is 1. The Balaban J connectivity index is 2.09. The molecule has 0 aliphatic carbocycles. The molecule has 0 aromatic heterocycles. The van der Waals surface area contributed by atoms with E-state index < -0.39 is 0 Å². The van der Waals surface area contributed by atoms with Crippen LogP contribution in [0.1, 0.15) is 30.5 Å². The highest BCUT2D eigenvalue weighted by atomic mass is 16.5. The summed E-state index contributed by atoms with van der Waals surface area (Å²) in [5.74, 6) is 0.428. The number of morpholine rings is 1. The molecule has 0 bridgehead atoms. The van der Waals surface area contributed by atoms with Crippen LogP contribution in [0, 0.1) is 13.8 Å². The molecule has 2 atom stereocenters. The number of hydrogen-bond donors (Lipinski definition) is 2. The lowest BCUT2D eigenvalue weighted by molar-refractivity contribution is -0.928. The molecule has 1 aromatic carbocycles. The number of benzene rings is 1. The number of phenolic OH excluding ortho intramolecular Hbond substituents is 1. The number of phenols is 1. The zero-order valence-corrected chi connectivity index (χ0v) is 11.8. The van der Waals surface area contributed by atoms with Gasteiger partial charge in [-0.25, -0.2) is 0 Å². The van der Waals surface area contributed by atoms with E-state index in [0.717, 1.165) is 30.8 Å². The summed E-state index contributed by atoms with van der Waals surface area (Å²) in [4.78, 5) is 1.56. The maximum atomic E-state index is 9.79. The van der Waals surface area contributed by atoms with Crippen LogP contribution in [-0.4, -0.2) is 30.4 Å². The van der Waals surface area contributed by atoms with Crippen LogP contribution in [0.3, 0.4) is 0 Å². The van der Waals surface area contributed by atoms with Crippen molar-refractivity contribution in [3.63, 3.8) is 0 Å². The van der Waals surface area contributed by atoms with Gasteiger partial charge in [-0.3, -0.25) is 0 Å². The van der Waals surface area contributed by atoms with Crippen LogP contribution < -0.4 is 4.90 Å². The van der Waals surface area contributed by atoms with Gasteiger partial charge in [-0.15, -0.1) is 0 Å². The topological polar surface area (TPSA) is 33.9 Å². The Morgan fingerprint density at radius 2 is 1.67 bits per heavy atom. The van der Waals surface area contributed by atoms with Gasteiger partial charge < -0.3 is 14.7 Å². The molecule has 3 nitrogen and oxygen atoms in total. The first-order chi connectivity index (χ1) is 8.45. The molecule has 2 rings (SSSR count). The molecule has 1 fully saturated rings. The fourth-order valence-corrected chi connectivity index (χ4v) is 2.97. The second-order valence-electron chi connectivity index (χ2n) is 5.67. The first kappa shape index (κ1) is 13.4. The minimum atomic E-state index is 0.336. The lowest BCUT2D eigenvalue weighted by Crippen LogP contribution is -3.14. The van der Waals surface area contributed by atoms with E-state index in [1.807, 2.05) is 13.8 Å². The van der Waals surface area contributed by atoms with Gasteiger partial charge in [-0.05, 0) is 51.0 Å². The maximum absolute atomic E-state index is 9.79. The third-order valence-electron chi connectivity index (χ3n) is 3.62. The molecule has 0 saturated carbocycles. The van der Waals surface area contributed by atoms with E-state index in [1.165, 1.54) is 5.56 Å². The van der Waals surface area contributed by atoms with Gasteiger partial charge in [0.2, 0.25) is 0 Å². The van der Waals surface area contributed by atoms with E-state index in [9.17, 15) is 5.11 Å².